The Bertz CT molecular complexity index is 1210. The fourth-order valence-electron chi connectivity index (χ4n) is 3.99. The zero-order chi connectivity index (χ0) is 20.1. The molecule has 1 aliphatic rings. The van der Waals surface area contributed by atoms with Crippen molar-refractivity contribution in [2.75, 3.05) is 12.3 Å². The molecule has 0 saturated carbocycles. The van der Waals surface area contributed by atoms with Crippen LogP contribution < -0.4 is 5.73 Å². The maximum Gasteiger partial charge on any atom is 0.164 e. The van der Waals surface area contributed by atoms with Gasteiger partial charge in [0.1, 0.15) is 36.1 Å². The summed E-state index contributed by atoms with van der Waals surface area (Å²) in [5, 5.41) is 32.9. The molecule has 0 radical (unpaired) electrons. The number of fused-ring (bicyclic) bond motifs is 2. The molecule has 4 atom stereocenters. The Morgan fingerprint density at radius 2 is 1.83 bits per heavy atom. The molecule has 0 spiro atoms. The van der Waals surface area contributed by atoms with E-state index in [-0.39, 0.29) is 0 Å². The highest BCUT2D eigenvalue weighted by atomic mass is 16.6. The Balaban J connectivity index is 1.71. The SMILES string of the molecule is Nc1ncnc2c1c(-c1ccc3ccccc3c1)cn2C1OC(CO)C(O)C1O. The minimum atomic E-state index is -1.22. The molecule has 5 N–H and O–H groups in total. The van der Waals surface area contributed by atoms with E-state index in [1.54, 1.807) is 10.8 Å². The van der Waals surface area contributed by atoms with E-state index >= 15 is 0 Å². The van der Waals surface area contributed by atoms with Crippen LogP contribution in [0.4, 0.5) is 5.82 Å². The second-order valence-electron chi connectivity index (χ2n) is 7.20. The van der Waals surface area contributed by atoms with Gasteiger partial charge in [-0.2, -0.15) is 0 Å². The number of benzene rings is 2. The number of aliphatic hydroxyl groups is 3. The first-order valence-electron chi connectivity index (χ1n) is 9.31. The van der Waals surface area contributed by atoms with Gasteiger partial charge in [0.05, 0.1) is 12.0 Å². The molecule has 5 rings (SSSR count). The van der Waals surface area contributed by atoms with E-state index in [1.165, 1.54) is 6.33 Å². The van der Waals surface area contributed by atoms with Crippen molar-refractivity contribution in [2.24, 2.45) is 0 Å². The second-order valence-corrected chi connectivity index (χ2v) is 7.20. The zero-order valence-corrected chi connectivity index (χ0v) is 15.4. The van der Waals surface area contributed by atoms with Crippen LogP contribution in [0.15, 0.2) is 55.0 Å². The molecule has 3 heterocycles. The van der Waals surface area contributed by atoms with E-state index in [0.717, 1.165) is 21.9 Å². The molecule has 8 heteroatoms. The van der Waals surface area contributed by atoms with Gasteiger partial charge >= 0.3 is 0 Å². The Kier molecular flexibility index (Phi) is 4.21. The van der Waals surface area contributed by atoms with E-state index < -0.39 is 31.1 Å². The van der Waals surface area contributed by atoms with Crippen molar-refractivity contribution in [3.8, 4) is 11.1 Å². The molecule has 29 heavy (non-hydrogen) atoms. The number of hydrogen-bond donors (Lipinski definition) is 4. The maximum atomic E-state index is 10.5. The summed E-state index contributed by atoms with van der Waals surface area (Å²) in [6.07, 6.45) is -1.07. The summed E-state index contributed by atoms with van der Waals surface area (Å²) in [4.78, 5) is 8.46. The first-order valence-corrected chi connectivity index (χ1v) is 9.31. The Morgan fingerprint density at radius 3 is 2.59 bits per heavy atom. The Hall–Kier alpha value is -3.04. The third-order valence-corrected chi connectivity index (χ3v) is 5.49. The zero-order valence-electron chi connectivity index (χ0n) is 15.4. The number of anilines is 1. The van der Waals surface area contributed by atoms with Crippen LogP contribution in [0.2, 0.25) is 0 Å². The molecule has 148 valence electrons. The third-order valence-electron chi connectivity index (χ3n) is 5.49. The predicted octanol–water partition coefficient (Wildman–Crippen LogP) is 1.45. The second kappa shape index (κ2) is 6.78. The van der Waals surface area contributed by atoms with Gasteiger partial charge in [-0.3, -0.25) is 0 Å². The minimum absolute atomic E-state index is 0.309. The molecule has 8 nitrogen and oxygen atoms in total. The highest BCUT2D eigenvalue weighted by Crippen LogP contribution is 2.38. The molecule has 0 bridgehead atoms. The summed E-state index contributed by atoms with van der Waals surface area (Å²) in [5.74, 6) is 0.309. The van der Waals surface area contributed by atoms with Gasteiger partial charge in [-0.05, 0) is 22.4 Å². The van der Waals surface area contributed by atoms with Crippen LogP contribution in [0, 0.1) is 0 Å². The van der Waals surface area contributed by atoms with Crippen LogP contribution in [-0.4, -0.2) is 54.8 Å². The molecule has 2 aromatic carbocycles. The summed E-state index contributed by atoms with van der Waals surface area (Å²) in [6.45, 7) is -0.400. The fourth-order valence-corrected chi connectivity index (χ4v) is 3.99. The average Bonchev–Trinajstić information content (AvgIpc) is 3.26. The van der Waals surface area contributed by atoms with Crippen LogP contribution in [0.25, 0.3) is 32.9 Å². The fraction of sp³-hybridized carbons (Fsp3) is 0.238. The molecular weight excluding hydrogens is 372 g/mol. The lowest BCUT2D eigenvalue weighted by Crippen LogP contribution is -2.33. The van der Waals surface area contributed by atoms with Gasteiger partial charge in [0.2, 0.25) is 0 Å². The summed E-state index contributed by atoms with van der Waals surface area (Å²) in [5.41, 5.74) is 8.37. The highest BCUT2D eigenvalue weighted by Gasteiger charge is 2.44. The number of nitrogens with two attached hydrogens (primary N) is 1. The molecule has 1 aliphatic heterocycles. The third kappa shape index (κ3) is 2.77. The van der Waals surface area contributed by atoms with Gasteiger partial charge in [-0.15, -0.1) is 0 Å². The molecule has 4 aromatic rings. The lowest BCUT2D eigenvalue weighted by molar-refractivity contribution is -0.0508. The quantitative estimate of drug-likeness (QED) is 0.416. The number of aliphatic hydroxyl groups excluding tert-OH is 3. The topological polar surface area (TPSA) is 127 Å². The summed E-state index contributed by atoms with van der Waals surface area (Å²) >= 11 is 0. The van der Waals surface area contributed by atoms with Crippen LogP contribution in [0.1, 0.15) is 6.23 Å². The summed E-state index contributed by atoms with van der Waals surface area (Å²) in [6, 6.07) is 14.1. The number of rotatable bonds is 3. The molecule has 2 aromatic heterocycles. The number of nitrogens with zero attached hydrogens (tertiary/aromatic N) is 3. The summed E-state index contributed by atoms with van der Waals surface area (Å²) in [7, 11) is 0. The van der Waals surface area contributed by atoms with Crippen molar-refractivity contribution < 1.29 is 20.1 Å². The Morgan fingerprint density at radius 1 is 1.03 bits per heavy atom. The van der Waals surface area contributed by atoms with Gasteiger partial charge in [-0.25, -0.2) is 9.97 Å². The lowest BCUT2D eigenvalue weighted by atomic mass is 10.0. The Labute approximate surface area is 165 Å². The van der Waals surface area contributed by atoms with Crippen molar-refractivity contribution in [3.05, 3.63) is 55.0 Å². The van der Waals surface area contributed by atoms with E-state index in [4.69, 9.17) is 10.5 Å². The molecule has 1 fully saturated rings. The van der Waals surface area contributed by atoms with E-state index in [0.29, 0.717) is 16.9 Å². The number of hydrogen-bond acceptors (Lipinski definition) is 7. The maximum absolute atomic E-state index is 10.5. The smallest absolute Gasteiger partial charge is 0.164 e. The number of aromatic nitrogens is 3. The van der Waals surface area contributed by atoms with Crippen molar-refractivity contribution in [2.45, 2.75) is 24.5 Å². The van der Waals surface area contributed by atoms with E-state index in [2.05, 4.69) is 16.0 Å². The van der Waals surface area contributed by atoms with Gasteiger partial charge in [0, 0.05) is 11.8 Å². The normalized spacial score (nSPS) is 24.5. The van der Waals surface area contributed by atoms with Gasteiger partial charge < -0.3 is 30.4 Å². The predicted molar refractivity (Wildman–Crippen MR) is 108 cm³/mol. The van der Waals surface area contributed by atoms with Crippen LogP contribution in [0.5, 0.6) is 0 Å². The van der Waals surface area contributed by atoms with Gasteiger partial charge in [-0.1, -0.05) is 36.4 Å². The highest BCUT2D eigenvalue weighted by molar-refractivity contribution is 6.02. The van der Waals surface area contributed by atoms with Crippen molar-refractivity contribution in [3.63, 3.8) is 0 Å². The van der Waals surface area contributed by atoms with Crippen LogP contribution in [-0.2, 0) is 4.74 Å². The monoisotopic (exact) mass is 392 g/mol. The summed E-state index contributed by atoms with van der Waals surface area (Å²) < 4.78 is 7.34. The molecule has 1 saturated heterocycles. The van der Waals surface area contributed by atoms with Crippen LogP contribution in [0.3, 0.4) is 0 Å². The van der Waals surface area contributed by atoms with Crippen molar-refractivity contribution >= 4 is 27.6 Å². The van der Waals surface area contributed by atoms with Crippen molar-refractivity contribution in [1.29, 1.82) is 0 Å². The number of nitrogen functional groups attached to an aromatic ring is 1. The minimum Gasteiger partial charge on any atom is -0.394 e. The first kappa shape index (κ1) is 18.0. The molecular formula is C21H20N4O4. The van der Waals surface area contributed by atoms with E-state index in [1.807, 2.05) is 36.4 Å². The van der Waals surface area contributed by atoms with E-state index in [9.17, 15) is 15.3 Å². The standard InChI is InChI=1S/C21H20N4O4/c22-19-16-14(13-6-5-11-3-1-2-4-12(11)7-13)8-25(20(16)24-10-23-19)21-18(28)17(27)15(9-26)29-21/h1-8,10,15,17-18,21,26-28H,9H2,(H2,22,23,24). The van der Waals surface area contributed by atoms with Gasteiger partial charge in [0.15, 0.2) is 6.23 Å². The van der Waals surface area contributed by atoms with Gasteiger partial charge in [0.25, 0.3) is 0 Å². The van der Waals surface area contributed by atoms with Crippen LogP contribution >= 0.6 is 0 Å². The number of ether oxygens (including phenoxy) is 1. The average molecular weight is 392 g/mol. The first-order chi connectivity index (χ1) is 14.1. The molecule has 0 amide bonds. The molecule has 4 unspecified atom stereocenters. The molecule has 0 aliphatic carbocycles. The lowest BCUT2D eigenvalue weighted by Gasteiger charge is -2.17. The van der Waals surface area contributed by atoms with Crippen molar-refractivity contribution in [1.82, 2.24) is 14.5 Å². The largest absolute Gasteiger partial charge is 0.394 e.